The lowest BCUT2D eigenvalue weighted by Crippen LogP contribution is -2.35. The number of carbonyl (C=O) groups excluding carboxylic acids is 2. The van der Waals surface area contributed by atoms with Gasteiger partial charge in [-0.15, -0.1) is 0 Å². The number of hydrogen-bond donors (Lipinski definition) is 2. The van der Waals surface area contributed by atoms with Gasteiger partial charge < -0.3 is 20.3 Å². The summed E-state index contributed by atoms with van der Waals surface area (Å²) in [6, 6.07) is 5.61. The quantitative estimate of drug-likeness (QED) is 0.814. The summed E-state index contributed by atoms with van der Waals surface area (Å²) in [7, 11) is 1.59. The van der Waals surface area contributed by atoms with Crippen LogP contribution in [0.5, 0.6) is 0 Å². The lowest BCUT2D eigenvalue weighted by atomic mass is 9.99. The summed E-state index contributed by atoms with van der Waals surface area (Å²) in [5.41, 5.74) is 3.08. The smallest absolute Gasteiger partial charge is 0.319 e. The van der Waals surface area contributed by atoms with Gasteiger partial charge in [-0.05, 0) is 29.7 Å². The highest BCUT2D eigenvalue weighted by Gasteiger charge is 2.19. The molecule has 0 bridgehead atoms. The summed E-state index contributed by atoms with van der Waals surface area (Å²) in [5, 5.41) is 5.51. The molecule has 120 valence electrons. The third kappa shape index (κ3) is 4.21. The Morgan fingerprint density at radius 1 is 1.32 bits per heavy atom. The first-order valence-corrected chi connectivity index (χ1v) is 7.57. The highest BCUT2D eigenvalue weighted by molar-refractivity contribution is 5.89. The lowest BCUT2D eigenvalue weighted by molar-refractivity contribution is -0.131. The zero-order chi connectivity index (χ0) is 15.9. The van der Waals surface area contributed by atoms with Crippen molar-refractivity contribution >= 4 is 17.6 Å². The maximum Gasteiger partial charge on any atom is 0.319 e. The molecule has 1 heterocycles. The van der Waals surface area contributed by atoms with Crippen LogP contribution in [0, 0.1) is 0 Å². The van der Waals surface area contributed by atoms with E-state index in [9.17, 15) is 9.59 Å². The molecule has 1 aliphatic rings. The maximum atomic E-state index is 11.8. The van der Waals surface area contributed by atoms with Gasteiger partial charge in [0.15, 0.2) is 0 Å². The van der Waals surface area contributed by atoms with E-state index in [1.54, 1.807) is 7.11 Å². The topological polar surface area (TPSA) is 70.7 Å². The predicted octanol–water partition coefficient (Wildman–Crippen LogP) is 1.75. The van der Waals surface area contributed by atoms with Crippen molar-refractivity contribution in [3.05, 3.63) is 29.3 Å². The Morgan fingerprint density at radius 3 is 2.86 bits per heavy atom. The van der Waals surface area contributed by atoms with Gasteiger partial charge in [-0.25, -0.2) is 4.79 Å². The third-order valence-corrected chi connectivity index (χ3v) is 3.72. The number of urea groups is 1. The van der Waals surface area contributed by atoms with E-state index >= 15 is 0 Å². The first kappa shape index (κ1) is 16.3. The van der Waals surface area contributed by atoms with Crippen LogP contribution in [-0.2, 0) is 22.5 Å². The van der Waals surface area contributed by atoms with Crippen molar-refractivity contribution in [2.75, 3.05) is 32.1 Å². The number of anilines is 1. The molecule has 6 nitrogen and oxygen atoms in total. The number of hydrogen-bond acceptors (Lipinski definition) is 3. The summed E-state index contributed by atoms with van der Waals surface area (Å²) in [6.45, 7) is 4.20. The molecule has 0 radical (unpaired) electrons. The van der Waals surface area contributed by atoms with Crippen molar-refractivity contribution in [3.63, 3.8) is 0 Å². The highest BCUT2D eigenvalue weighted by Crippen LogP contribution is 2.23. The molecule has 0 saturated heterocycles. The van der Waals surface area contributed by atoms with Crippen molar-refractivity contribution in [2.24, 2.45) is 0 Å². The standard InChI is InChI=1S/C16H23N3O3/c1-3-15(20)19-8-6-12-4-5-14(10-13(12)11-19)18-16(21)17-7-9-22-2/h4-5,10H,3,6-9,11H2,1-2H3,(H2,17,18,21). The molecule has 0 spiro atoms. The minimum Gasteiger partial charge on any atom is -0.383 e. The Kier molecular flexibility index (Phi) is 5.77. The highest BCUT2D eigenvalue weighted by atomic mass is 16.5. The van der Waals surface area contributed by atoms with E-state index in [0.29, 0.717) is 26.1 Å². The van der Waals surface area contributed by atoms with Gasteiger partial charge >= 0.3 is 6.03 Å². The van der Waals surface area contributed by atoms with Crippen molar-refractivity contribution in [1.29, 1.82) is 0 Å². The summed E-state index contributed by atoms with van der Waals surface area (Å²) in [6.07, 6.45) is 1.39. The van der Waals surface area contributed by atoms with E-state index in [1.165, 1.54) is 5.56 Å². The van der Waals surface area contributed by atoms with Gasteiger partial charge in [-0.2, -0.15) is 0 Å². The predicted molar refractivity (Wildman–Crippen MR) is 84.8 cm³/mol. The van der Waals surface area contributed by atoms with Gasteiger partial charge in [0.1, 0.15) is 0 Å². The Hall–Kier alpha value is -2.08. The number of nitrogens with zero attached hydrogens (tertiary/aromatic N) is 1. The molecule has 6 heteroatoms. The second-order valence-corrected chi connectivity index (χ2v) is 5.28. The van der Waals surface area contributed by atoms with Gasteiger partial charge in [0, 0.05) is 38.9 Å². The third-order valence-electron chi connectivity index (χ3n) is 3.72. The normalized spacial score (nSPS) is 13.5. The van der Waals surface area contributed by atoms with Gasteiger partial charge in [-0.3, -0.25) is 4.79 Å². The van der Waals surface area contributed by atoms with Crippen LogP contribution in [0.3, 0.4) is 0 Å². The number of amides is 3. The Labute approximate surface area is 130 Å². The van der Waals surface area contributed by atoms with E-state index in [1.807, 2.05) is 30.0 Å². The van der Waals surface area contributed by atoms with Crippen LogP contribution in [0.4, 0.5) is 10.5 Å². The summed E-state index contributed by atoms with van der Waals surface area (Å²) in [4.78, 5) is 25.4. The molecule has 0 aromatic heterocycles. The SMILES string of the molecule is CCC(=O)N1CCc2ccc(NC(=O)NCCOC)cc2C1. The lowest BCUT2D eigenvalue weighted by Gasteiger charge is -2.29. The Bertz CT molecular complexity index is 545. The molecule has 2 rings (SSSR count). The van der Waals surface area contributed by atoms with E-state index in [2.05, 4.69) is 10.6 Å². The Morgan fingerprint density at radius 2 is 2.14 bits per heavy atom. The monoisotopic (exact) mass is 305 g/mol. The number of rotatable bonds is 5. The summed E-state index contributed by atoms with van der Waals surface area (Å²) >= 11 is 0. The fraction of sp³-hybridized carbons (Fsp3) is 0.500. The number of benzene rings is 1. The molecule has 22 heavy (non-hydrogen) atoms. The number of fused-ring (bicyclic) bond motifs is 1. The molecular weight excluding hydrogens is 282 g/mol. The van der Waals surface area contributed by atoms with Crippen LogP contribution < -0.4 is 10.6 Å². The minimum atomic E-state index is -0.255. The van der Waals surface area contributed by atoms with Crippen LogP contribution in [0.15, 0.2) is 18.2 Å². The fourth-order valence-corrected chi connectivity index (χ4v) is 2.51. The second kappa shape index (κ2) is 7.79. The number of carbonyl (C=O) groups is 2. The maximum absolute atomic E-state index is 11.8. The molecular formula is C16H23N3O3. The zero-order valence-corrected chi connectivity index (χ0v) is 13.1. The first-order valence-electron chi connectivity index (χ1n) is 7.57. The minimum absolute atomic E-state index is 0.168. The van der Waals surface area contributed by atoms with E-state index in [4.69, 9.17) is 4.74 Å². The molecule has 1 aromatic rings. The summed E-state index contributed by atoms with van der Waals surface area (Å²) in [5.74, 6) is 0.168. The molecule has 0 atom stereocenters. The largest absolute Gasteiger partial charge is 0.383 e. The number of ether oxygens (including phenoxy) is 1. The Balaban J connectivity index is 1.98. The van der Waals surface area contributed by atoms with E-state index < -0.39 is 0 Å². The molecule has 0 aliphatic carbocycles. The van der Waals surface area contributed by atoms with E-state index in [0.717, 1.165) is 24.2 Å². The van der Waals surface area contributed by atoms with Crippen molar-refractivity contribution in [3.8, 4) is 0 Å². The molecule has 1 aromatic carbocycles. The van der Waals surface area contributed by atoms with E-state index in [-0.39, 0.29) is 11.9 Å². The summed E-state index contributed by atoms with van der Waals surface area (Å²) < 4.78 is 4.88. The van der Waals surface area contributed by atoms with Crippen molar-refractivity contribution < 1.29 is 14.3 Å². The van der Waals surface area contributed by atoms with Gasteiger partial charge in [0.05, 0.1) is 6.61 Å². The molecule has 0 unspecified atom stereocenters. The molecule has 1 aliphatic heterocycles. The van der Waals surface area contributed by atoms with Gasteiger partial charge in [-0.1, -0.05) is 13.0 Å². The molecule has 0 fully saturated rings. The zero-order valence-electron chi connectivity index (χ0n) is 13.1. The molecule has 2 N–H and O–H groups in total. The second-order valence-electron chi connectivity index (χ2n) is 5.28. The molecule has 0 saturated carbocycles. The van der Waals surface area contributed by atoms with Crippen LogP contribution in [0.25, 0.3) is 0 Å². The molecule has 3 amide bonds. The van der Waals surface area contributed by atoms with Crippen molar-refractivity contribution in [2.45, 2.75) is 26.3 Å². The van der Waals surface area contributed by atoms with Crippen LogP contribution in [0.2, 0.25) is 0 Å². The van der Waals surface area contributed by atoms with Gasteiger partial charge in [0.2, 0.25) is 5.91 Å². The average Bonchev–Trinajstić information content (AvgIpc) is 2.53. The average molecular weight is 305 g/mol. The van der Waals surface area contributed by atoms with Crippen LogP contribution in [-0.4, -0.2) is 43.6 Å². The fourth-order valence-electron chi connectivity index (χ4n) is 2.51. The van der Waals surface area contributed by atoms with Crippen LogP contribution >= 0.6 is 0 Å². The van der Waals surface area contributed by atoms with Crippen LogP contribution in [0.1, 0.15) is 24.5 Å². The number of methoxy groups -OCH3 is 1. The van der Waals surface area contributed by atoms with Gasteiger partial charge in [0.25, 0.3) is 0 Å². The first-order chi connectivity index (χ1) is 10.6. The number of nitrogens with one attached hydrogen (secondary N) is 2. The van der Waals surface area contributed by atoms with Crippen molar-refractivity contribution in [1.82, 2.24) is 10.2 Å².